The number of hydrogen-bond acceptors (Lipinski definition) is 9. The van der Waals surface area contributed by atoms with Crippen LogP contribution in [-0.4, -0.2) is 53.3 Å². The lowest BCUT2D eigenvalue weighted by Gasteiger charge is -2.28. The molecule has 0 radical (unpaired) electrons. The molecular formula is C21H19FN6O2S. The maximum absolute atomic E-state index is 14.6. The number of morpholine rings is 1. The van der Waals surface area contributed by atoms with Crippen molar-refractivity contribution in [2.24, 2.45) is 0 Å². The summed E-state index contributed by atoms with van der Waals surface area (Å²) >= 11 is 1.46. The zero-order chi connectivity index (χ0) is 21.4. The molecule has 1 aromatic carbocycles. The smallest absolute Gasteiger partial charge is 0.219 e. The standard InChI is InChI=1S/C21H19FN6O2S/c1-29-13-2-3-15(22)14(8-13)17-9-16-18(31-17)20(28-4-6-30-7-5-28)27-19(26-16)12-10-24-21(23)25-11-12/h2-3,8-11H,4-7H2,1H3,(H2,23,24,25). The highest BCUT2D eigenvalue weighted by Gasteiger charge is 2.21. The minimum Gasteiger partial charge on any atom is -0.497 e. The zero-order valence-electron chi connectivity index (χ0n) is 16.7. The van der Waals surface area contributed by atoms with Crippen molar-refractivity contribution in [3.63, 3.8) is 0 Å². The molecule has 1 saturated heterocycles. The lowest BCUT2D eigenvalue weighted by molar-refractivity contribution is 0.122. The number of benzene rings is 1. The van der Waals surface area contributed by atoms with Crippen molar-refractivity contribution in [3.8, 4) is 27.6 Å². The highest BCUT2D eigenvalue weighted by Crippen LogP contribution is 2.40. The third-order valence-electron chi connectivity index (χ3n) is 5.03. The molecule has 5 rings (SSSR count). The molecule has 2 N–H and O–H groups in total. The van der Waals surface area contributed by atoms with E-state index in [0.717, 1.165) is 20.9 Å². The van der Waals surface area contributed by atoms with Crippen LogP contribution in [0, 0.1) is 5.82 Å². The van der Waals surface area contributed by atoms with E-state index < -0.39 is 0 Å². The van der Waals surface area contributed by atoms with Gasteiger partial charge in [0.1, 0.15) is 11.6 Å². The summed E-state index contributed by atoms with van der Waals surface area (Å²) in [5.41, 5.74) is 7.47. The van der Waals surface area contributed by atoms with Crippen LogP contribution < -0.4 is 15.4 Å². The number of nitrogens with two attached hydrogens (primary N) is 1. The Hall–Kier alpha value is -3.37. The summed E-state index contributed by atoms with van der Waals surface area (Å²) < 4.78 is 26.3. The molecule has 1 fully saturated rings. The first-order chi connectivity index (χ1) is 15.1. The topological polar surface area (TPSA) is 99.3 Å². The largest absolute Gasteiger partial charge is 0.497 e. The number of halogens is 1. The van der Waals surface area contributed by atoms with E-state index in [9.17, 15) is 4.39 Å². The summed E-state index contributed by atoms with van der Waals surface area (Å²) in [5, 5.41) is 0. The summed E-state index contributed by atoms with van der Waals surface area (Å²) in [4.78, 5) is 20.6. The van der Waals surface area contributed by atoms with Crippen LogP contribution in [0.15, 0.2) is 36.7 Å². The van der Waals surface area contributed by atoms with Gasteiger partial charge in [0.05, 0.1) is 36.1 Å². The van der Waals surface area contributed by atoms with E-state index in [4.69, 9.17) is 25.2 Å². The van der Waals surface area contributed by atoms with Gasteiger partial charge in [-0.1, -0.05) is 0 Å². The number of aromatic nitrogens is 4. The van der Waals surface area contributed by atoms with Gasteiger partial charge in [-0.15, -0.1) is 11.3 Å². The maximum atomic E-state index is 14.6. The number of rotatable bonds is 4. The first-order valence-electron chi connectivity index (χ1n) is 9.68. The number of thiophene rings is 1. The molecule has 4 heterocycles. The molecule has 8 nitrogen and oxygen atoms in total. The molecule has 0 aliphatic carbocycles. The van der Waals surface area contributed by atoms with E-state index in [1.807, 2.05) is 6.07 Å². The molecule has 3 aromatic heterocycles. The zero-order valence-corrected chi connectivity index (χ0v) is 17.5. The number of nitrogens with zero attached hydrogens (tertiary/aromatic N) is 5. The SMILES string of the molecule is COc1ccc(F)c(-c2cc3nc(-c4cnc(N)nc4)nc(N4CCOCC4)c3s2)c1. The van der Waals surface area contributed by atoms with E-state index in [0.29, 0.717) is 49.0 Å². The molecule has 0 atom stereocenters. The van der Waals surface area contributed by atoms with Gasteiger partial charge in [0.25, 0.3) is 0 Å². The van der Waals surface area contributed by atoms with Crippen molar-refractivity contribution >= 4 is 33.3 Å². The quantitative estimate of drug-likeness (QED) is 0.518. The van der Waals surface area contributed by atoms with Crippen LogP contribution >= 0.6 is 11.3 Å². The van der Waals surface area contributed by atoms with Crippen LogP contribution in [0.25, 0.3) is 32.0 Å². The third-order valence-corrected chi connectivity index (χ3v) is 6.19. The number of nitrogen functional groups attached to an aromatic ring is 1. The van der Waals surface area contributed by atoms with Crippen LogP contribution in [0.5, 0.6) is 5.75 Å². The molecule has 0 amide bonds. The van der Waals surface area contributed by atoms with Crippen molar-refractivity contribution in [1.29, 1.82) is 0 Å². The predicted octanol–water partition coefficient (Wildman–Crippen LogP) is 3.38. The average molecular weight is 438 g/mol. The fourth-order valence-electron chi connectivity index (χ4n) is 3.44. The van der Waals surface area contributed by atoms with E-state index >= 15 is 0 Å². The molecule has 1 aliphatic rings. The maximum Gasteiger partial charge on any atom is 0.219 e. The number of fused-ring (bicyclic) bond motifs is 1. The Balaban J connectivity index is 1.69. The van der Waals surface area contributed by atoms with E-state index in [1.54, 1.807) is 31.6 Å². The molecular weight excluding hydrogens is 419 g/mol. The van der Waals surface area contributed by atoms with Crippen LogP contribution in [0.3, 0.4) is 0 Å². The van der Waals surface area contributed by atoms with Crippen molar-refractivity contribution in [1.82, 2.24) is 19.9 Å². The van der Waals surface area contributed by atoms with Crippen molar-refractivity contribution in [3.05, 3.63) is 42.5 Å². The molecule has 1 aliphatic heterocycles. The minimum absolute atomic E-state index is 0.185. The Bertz CT molecular complexity index is 1240. The predicted molar refractivity (Wildman–Crippen MR) is 118 cm³/mol. The molecule has 0 unspecified atom stereocenters. The van der Waals surface area contributed by atoms with Crippen molar-refractivity contribution < 1.29 is 13.9 Å². The molecule has 31 heavy (non-hydrogen) atoms. The summed E-state index contributed by atoms with van der Waals surface area (Å²) in [5.74, 6) is 1.74. The van der Waals surface area contributed by atoms with Gasteiger partial charge in [0, 0.05) is 35.9 Å². The van der Waals surface area contributed by atoms with E-state index in [2.05, 4.69) is 14.9 Å². The number of hydrogen-bond donors (Lipinski definition) is 1. The molecule has 158 valence electrons. The number of anilines is 2. The van der Waals surface area contributed by atoms with Gasteiger partial charge in [-0.25, -0.2) is 24.3 Å². The van der Waals surface area contributed by atoms with Gasteiger partial charge in [-0.2, -0.15) is 0 Å². The van der Waals surface area contributed by atoms with Gasteiger partial charge in [-0.05, 0) is 24.3 Å². The van der Waals surface area contributed by atoms with Crippen LogP contribution in [0.1, 0.15) is 0 Å². The van der Waals surface area contributed by atoms with E-state index in [1.165, 1.54) is 17.4 Å². The third kappa shape index (κ3) is 3.75. The Morgan fingerprint density at radius 1 is 1.13 bits per heavy atom. The molecule has 10 heteroatoms. The van der Waals surface area contributed by atoms with Crippen molar-refractivity contribution in [2.75, 3.05) is 44.0 Å². The Labute approximate surface area is 181 Å². The van der Waals surface area contributed by atoms with Crippen LogP contribution in [-0.2, 0) is 4.74 Å². The normalized spacial score (nSPS) is 14.2. The average Bonchev–Trinajstić information content (AvgIpc) is 3.24. The summed E-state index contributed by atoms with van der Waals surface area (Å²) in [7, 11) is 1.56. The van der Waals surface area contributed by atoms with Gasteiger partial charge >= 0.3 is 0 Å². The Morgan fingerprint density at radius 2 is 1.90 bits per heavy atom. The van der Waals surface area contributed by atoms with Crippen LogP contribution in [0.2, 0.25) is 0 Å². The second-order valence-corrected chi connectivity index (χ2v) is 8.02. The monoisotopic (exact) mass is 438 g/mol. The van der Waals surface area contributed by atoms with Crippen LogP contribution in [0.4, 0.5) is 16.2 Å². The second kappa shape index (κ2) is 8.05. The summed E-state index contributed by atoms with van der Waals surface area (Å²) in [6.07, 6.45) is 3.20. The second-order valence-electron chi connectivity index (χ2n) is 6.97. The lowest BCUT2D eigenvalue weighted by Crippen LogP contribution is -2.36. The first kappa shape index (κ1) is 19.6. The Morgan fingerprint density at radius 3 is 2.65 bits per heavy atom. The first-order valence-corrected chi connectivity index (χ1v) is 10.5. The molecule has 0 spiro atoms. The fraction of sp³-hybridized carbons (Fsp3) is 0.238. The minimum atomic E-state index is -0.319. The van der Waals surface area contributed by atoms with Gasteiger partial charge in [-0.3, -0.25) is 0 Å². The number of ether oxygens (including phenoxy) is 2. The van der Waals surface area contributed by atoms with Gasteiger partial charge < -0.3 is 20.1 Å². The van der Waals surface area contributed by atoms with Gasteiger partial charge in [0.15, 0.2) is 11.6 Å². The van der Waals surface area contributed by atoms with E-state index in [-0.39, 0.29) is 11.8 Å². The highest BCUT2D eigenvalue weighted by molar-refractivity contribution is 7.22. The highest BCUT2D eigenvalue weighted by atomic mass is 32.1. The van der Waals surface area contributed by atoms with Crippen molar-refractivity contribution in [2.45, 2.75) is 0 Å². The molecule has 4 aromatic rings. The lowest BCUT2D eigenvalue weighted by atomic mass is 10.1. The molecule has 0 bridgehead atoms. The van der Waals surface area contributed by atoms with Gasteiger partial charge in [0.2, 0.25) is 5.95 Å². The summed E-state index contributed by atoms with van der Waals surface area (Å²) in [6.45, 7) is 2.66. The number of methoxy groups -OCH3 is 1. The Kier molecular flexibility index (Phi) is 5.08. The molecule has 0 saturated carbocycles. The fourth-order valence-corrected chi connectivity index (χ4v) is 4.57. The summed E-state index contributed by atoms with van der Waals surface area (Å²) in [6, 6.07) is 6.58.